The van der Waals surface area contributed by atoms with Crippen LogP contribution in [0.1, 0.15) is 24.0 Å². The van der Waals surface area contributed by atoms with Crippen LogP contribution < -0.4 is 15.8 Å². The van der Waals surface area contributed by atoms with E-state index < -0.39 is 5.41 Å². The summed E-state index contributed by atoms with van der Waals surface area (Å²) >= 11 is 12.6. The van der Waals surface area contributed by atoms with Crippen molar-refractivity contribution in [1.82, 2.24) is 14.7 Å². The molecule has 1 saturated carbocycles. The first-order valence-corrected chi connectivity index (χ1v) is 14.7. The van der Waals surface area contributed by atoms with Crippen LogP contribution in [0.15, 0.2) is 89.9 Å². The second kappa shape index (κ2) is 11.6. The Bertz CT molecular complexity index is 1600. The van der Waals surface area contributed by atoms with Gasteiger partial charge in [-0.2, -0.15) is 9.78 Å². The standard InChI is InChI=1S/C32H31Cl2N5O2/c33-24-11-12-26(27(34)21-24)32(14-15-32)31(41)38-19-17-37(18-20-38)28-22-36-39(25-9-5-2-6-10-25)30(40)29(28)35-16-13-23-7-3-1-4-8-23/h1-12,21-22,35H,13-20H2. The fourth-order valence-corrected chi connectivity index (χ4v) is 6.22. The van der Waals surface area contributed by atoms with Gasteiger partial charge in [-0.15, -0.1) is 0 Å². The average Bonchev–Trinajstić information content (AvgIpc) is 3.80. The first-order chi connectivity index (χ1) is 20.0. The fraction of sp³-hybridized carbons (Fsp3) is 0.281. The first kappa shape index (κ1) is 27.4. The van der Waals surface area contributed by atoms with Gasteiger partial charge in [0.1, 0.15) is 5.69 Å². The van der Waals surface area contributed by atoms with Gasteiger partial charge in [0.05, 0.1) is 23.0 Å². The van der Waals surface area contributed by atoms with Gasteiger partial charge in [0.15, 0.2) is 0 Å². The minimum atomic E-state index is -0.564. The number of carbonyl (C=O) groups excluding carboxylic acids is 1. The number of benzene rings is 3. The molecular weight excluding hydrogens is 557 g/mol. The largest absolute Gasteiger partial charge is 0.378 e. The Hall–Kier alpha value is -3.81. The van der Waals surface area contributed by atoms with Crippen LogP contribution in [0.2, 0.25) is 10.0 Å². The summed E-state index contributed by atoms with van der Waals surface area (Å²) in [6, 6.07) is 25.0. The summed E-state index contributed by atoms with van der Waals surface area (Å²) in [5.74, 6) is 0.111. The van der Waals surface area contributed by atoms with Gasteiger partial charge >= 0.3 is 0 Å². The highest BCUT2D eigenvalue weighted by Crippen LogP contribution is 2.52. The van der Waals surface area contributed by atoms with Crippen LogP contribution in [-0.2, 0) is 16.6 Å². The van der Waals surface area contributed by atoms with Crippen LogP contribution in [0.4, 0.5) is 11.4 Å². The normalized spacial score (nSPS) is 16.0. The number of amides is 1. The van der Waals surface area contributed by atoms with E-state index >= 15 is 0 Å². The molecule has 9 heteroatoms. The lowest BCUT2D eigenvalue weighted by Crippen LogP contribution is -2.52. The third-order valence-electron chi connectivity index (χ3n) is 8.03. The van der Waals surface area contributed by atoms with Crippen LogP contribution in [0.25, 0.3) is 5.69 Å². The molecule has 4 aromatic rings. The molecule has 1 aliphatic carbocycles. The van der Waals surface area contributed by atoms with E-state index in [1.807, 2.05) is 59.5 Å². The third-order valence-corrected chi connectivity index (χ3v) is 8.58. The van der Waals surface area contributed by atoms with E-state index in [4.69, 9.17) is 23.2 Å². The number of para-hydroxylation sites is 1. The van der Waals surface area contributed by atoms with E-state index in [-0.39, 0.29) is 11.5 Å². The van der Waals surface area contributed by atoms with Crippen molar-refractivity contribution in [1.29, 1.82) is 0 Å². The number of halogens is 2. The van der Waals surface area contributed by atoms with Crippen molar-refractivity contribution in [3.63, 3.8) is 0 Å². The van der Waals surface area contributed by atoms with E-state index in [1.165, 1.54) is 10.2 Å². The van der Waals surface area contributed by atoms with Crippen LogP contribution in [0.5, 0.6) is 0 Å². The summed E-state index contributed by atoms with van der Waals surface area (Å²) in [7, 11) is 0. The molecule has 210 valence electrons. The minimum absolute atomic E-state index is 0.111. The third kappa shape index (κ3) is 5.56. The van der Waals surface area contributed by atoms with E-state index in [1.54, 1.807) is 18.3 Å². The fourth-order valence-electron chi connectivity index (χ4n) is 5.63. The number of rotatable bonds is 8. The quantitative estimate of drug-likeness (QED) is 0.291. The molecule has 7 nitrogen and oxygen atoms in total. The van der Waals surface area contributed by atoms with Gasteiger partial charge in [-0.3, -0.25) is 9.59 Å². The minimum Gasteiger partial charge on any atom is -0.378 e. The molecule has 3 aromatic carbocycles. The van der Waals surface area contributed by atoms with Crippen LogP contribution >= 0.6 is 23.2 Å². The zero-order chi connectivity index (χ0) is 28.4. The van der Waals surface area contributed by atoms with Gasteiger partial charge in [0, 0.05) is 42.8 Å². The first-order valence-electron chi connectivity index (χ1n) is 13.9. The zero-order valence-electron chi connectivity index (χ0n) is 22.6. The van der Waals surface area contributed by atoms with E-state index in [0.717, 1.165) is 30.5 Å². The van der Waals surface area contributed by atoms with Crippen molar-refractivity contribution >= 4 is 40.5 Å². The van der Waals surface area contributed by atoms with Gasteiger partial charge in [0.2, 0.25) is 5.91 Å². The van der Waals surface area contributed by atoms with Gasteiger partial charge in [-0.05, 0) is 54.7 Å². The van der Waals surface area contributed by atoms with Crippen LogP contribution in [0.3, 0.4) is 0 Å². The highest BCUT2D eigenvalue weighted by atomic mass is 35.5. The predicted octanol–water partition coefficient (Wildman–Crippen LogP) is 5.57. The topological polar surface area (TPSA) is 70.5 Å². The molecule has 0 radical (unpaired) electrons. The van der Waals surface area contributed by atoms with Crippen molar-refractivity contribution < 1.29 is 4.79 Å². The molecule has 41 heavy (non-hydrogen) atoms. The van der Waals surface area contributed by atoms with Crippen molar-refractivity contribution in [2.24, 2.45) is 0 Å². The molecule has 0 unspecified atom stereocenters. The molecule has 1 aliphatic heterocycles. The van der Waals surface area contributed by atoms with Gasteiger partial charge in [-0.25, -0.2) is 0 Å². The van der Waals surface area contributed by atoms with Crippen molar-refractivity contribution in [2.45, 2.75) is 24.7 Å². The summed E-state index contributed by atoms with van der Waals surface area (Å²) in [5.41, 5.74) is 3.27. The monoisotopic (exact) mass is 587 g/mol. The lowest BCUT2D eigenvalue weighted by Gasteiger charge is -2.38. The van der Waals surface area contributed by atoms with Gasteiger partial charge in [-0.1, -0.05) is 77.8 Å². The second-order valence-electron chi connectivity index (χ2n) is 10.6. The maximum absolute atomic E-state index is 13.7. The van der Waals surface area contributed by atoms with Crippen molar-refractivity contribution in [2.75, 3.05) is 42.9 Å². The molecule has 1 N–H and O–H groups in total. The summed E-state index contributed by atoms with van der Waals surface area (Å²) < 4.78 is 1.43. The highest BCUT2D eigenvalue weighted by molar-refractivity contribution is 6.35. The molecule has 1 aromatic heterocycles. The summed E-state index contributed by atoms with van der Waals surface area (Å²) in [6.07, 6.45) is 4.10. The molecule has 0 spiro atoms. The maximum Gasteiger partial charge on any atom is 0.296 e. The Balaban J connectivity index is 1.21. The van der Waals surface area contributed by atoms with Gasteiger partial charge in [0.25, 0.3) is 5.56 Å². The van der Waals surface area contributed by atoms with E-state index in [0.29, 0.717) is 54.1 Å². The Morgan fingerprint density at radius 1 is 0.902 bits per heavy atom. The number of nitrogens with one attached hydrogen (secondary N) is 1. The lowest BCUT2D eigenvalue weighted by molar-refractivity contribution is -0.134. The molecule has 6 rings (SSSR count). The number of carbonyl (C=O) groups is 1. The zero-order valence-corrected chi connectivity index (χ0v) is 24.1. The van der Waals surface area contributed by atoms with Gasteiger partial charge < -0.3 is 15.1 Å². The van der Waals surface area contributed by atoms with Crippen molar-refractivity contribution in [3.05, 3.63) is 117 Å². The van der Waals surface area contributed by atoms with E-state index in [9.17, 15) is 9.59 Å². The number of piperazine rings is 1. The Morgan fingerprint density at radius 2 is 1.59 bits per heavy atom. The molecule has 0 bridgehead atoms. The predicted molar refractivity (Wildman–Crippen MR) is 165 cm³/mol. The average molecular weight is 589 g/mol. The highest BCUT2D eigenvalue weighted by Gasteiger charge is 2.54. The summed E-state index contributed by atoms with van der Waals surface area (Å²) in [4.78, 5) is 31.5. The summed E-state index contributed by atoms with van der Waals surface area (Å²) in [6.45, 7) is 2.90. The maximum atomic E-state index is 13.7. The molecule has 0 atom stereocenters. The molecule has 2 heterocycles. The molecule has 2 fully saturated rings. The number of nitrogens with zero attached hydrogens (tertiary/aromatic N) is 4. The number of aromatic nitrogens is 2. The number of anilines is 2. The summed E-state index contributed by atoms with van der Waals surface area (Å²) in [5, 5.41) is 9.05. The number of hydrogen-bond donors (Lipinski definition) is 1. The second-order valence-corrected chi connectivity index (χ2v) is 11.4. The van der Waals surface area contributed by atoms with Crippen LogP contribution in [0, 0.1) is 0 Å². The smallest absolute Gasteiger partial charge is 0.296 e. The Morgan fingerprint density at radius 3 is 2.24 bits per heavy atom. The van der Waals surface area contributed by atoms with Crippen molar-refractivity contribution in [3.8, 4) is 5.69 Å². The Labute approximate surface area is 249 Å². The lowest BCUT2D eigenvalue weighted by atomic mass is 9.94. The Kier molecular flexibility index (Phi) is 7.73. The molecule has 1 amide bonds. The molecule has 1 saturated heterocycles. The SMILES string of the molecule is O=C(N1CCN(c2cnn(-c3ccccc3)c(=O)c2NCCc2ccccc2)CC1)C1(c2ccc(Cl)cc2Cl)CC1. The molecule has 2 aliphatic rings. The van der Waals surface area contributed by atoms with E-state index in [2.05, 4.69) is 27.4 Å². The molecular formula is C32H31Cl2N5O2. The number of hydrogen-bond acceptors (Lipinski definition) is 5. The van der Waals surface area contributed by atoms with Crippen LogP contribution in [-0.4, -0.2) is 53.3 Å².